The van der Waals surface area contributed by atoms with Gasteiger partial charge in [-0.1, -0.05) is 6.07 Å². The van der Waals surface area contributed by atoms with Crippen molar-refractivity contribution in [3.8, 4) is 0 Å². The molecule has 6 heteroatoms. The zero-order chi connectivity index (χ0) is 12.1. The van der Waals surface area contributed by atoms with Gasteiger partial charge in [-0.25, -0.2) is 4.98 Å². The van der Waals surface area contributed by atoms with Gasteiger partial charge in [0.25, 0.3) is 0 Å². The highest BCUT2D eigenvalue weighted by Gasteiger charge is 2.18. The molecule has 0 bridgehead atoms. The minimum Gasteiger partial charge on any atom is -0.268 e. The predicted octanol–water partition coefficient (Wildman–Crippen LogP) is 2.12. The van der Waals surface area contributed by atoms with Gasteiger partial charge in [0, 0.05) is 17.4 Å². The van der Waals surface area contributed by atoms with Crippen molar-refractivity contribution in [3.63, 3.8) is 0 Å². The van der Waals surface area contributed by atoms with Crippen LogP contribution in [-0.2, 0) is 6.42 Å². The summed E-state index contributed by atoms with van der Waals surface area (Å²) in [7, 11) is 0. The van der Waals surface area contributed by atoms with E-state index in [9.17, 15) is 10.1 Å². The van der Waals surface area contributed by atoms with Crippen LogP contribution in [0.3, 0.4) is 0 Å². The van der Waals surface area contributed by atoms with Gasteiger partial charge in [0.15, 0.2) is 0 Å². The summed E-state index contributed by atoms with van der Waals surface area (Å²) in [6.45, 7) is 0.669. The zero-order valence-electron chi connectivity index (χ0n) is 9.05. The lowest BCUT2D eigenvalue weighted by Crippen LogP contribution is -2.16. The molecule has 0 spiro atoms. The molecule has 2 aromatic heterocycles. The van der Waals surface area contributed by atoms with Crippen LogP contribution in [0.1, 0.15) is 4.88 Å². The molecule has 0 atom stereocenters. The average molecular weight is 250 g/mol. The van der Waals surface area contributed by atoms with E-state index in [2.05, 4.69) is 16.4 Å². The van der Waals surface area contributed by atoms with Gasteiger partial charge in [-0.15, -0.1) is 11.3 Å². The topological polar surface area (TPSA) is 69.3 Å². The normalized spacial score (nSPS) is 10.1. The zero-order valence-corrected chi connectivity index (χ0v) is 9.87. The fourth-order valence-electron chi connectivity index (χ4n) is 1.49. The number of H-pyrrole nitrogens is 1. The summed E-state index contributed by atoms with van der Waals surface area (Å²) in [6.07, 6.45) is 2.53. The molecule has 88 valence electrons. The summed E-state index contributed by atoms with van der Waals surface area (Å²) in [5.41, 5.74) is 0.0682. The summed E-state index contributed by atoms with van der Waals surface area (Å²) in [5.74, 6) is 0.453. The van der Waals surface area contributed by atoms with Crippen molar-refractivity contribution in [1.82, 2.24) is 0 Å². The van der Waals surface area contributed by atoms with E-state index in [1.54, 1.807) is 23.6 Å². The number of anilines is 1. The van der Waals surface area contributed by atoms with Gasteiger partial charge < -0.3 is 0 Å². The van der Waals surface area contributed by atoms with Crippen LogP contribution in [0.25, 0.3) is 0 Å². The molecule has 2 N–H and O–H groups in total. The van der Waals surface area contributed by atoms with Crippen LogP contribution in [0.15, 0.2) is 35.8 Å². The van der Waals surface area contributed by atoms with Gasteiger partial charge >= 0.3 is 11.5 Å². The maximum Gasteiger partial charge on any atom is 0.357 e. The van der Waals surface area contributed by atoms with Crippen LogP contribution in [-0.4, -0.2) is 11.5 Å². The second-order valence-corrected chi connectivity index (χ2v) is 4.48. The highest BCUT2D eigenvalue weighted by molar-refractivity contribution is 7.09. The quantitative estimate of drug-likeness (QED) is 0.652. The molecule has 2 aromatic rings. The number of nitro groups is 1. The number of hydrogen-bond acceptors (Lipinski definition) is 4. The van der Waals surface area contributed by atoms with Crippen molar-refractivity contribution < 1.29 is 9.91 Å². The minimum absolute atomic E-state index is 0.0682. The van der Waals surface area contributed by atoms with E-state index in [4.69, 9.17) is 0 Å². The third kappa shape index (κ3) is 3.01. The minimum atomic E-state index is -0.399. The van der Waals surface area contributed by atoms with E-state index in [1.807, 2.05) is 11.4 Å². The van der Waals surface area contributed by atoms with Crippen LogP contribution in [0.4, 0.5) is 11.5 Å². The summed E-state index contributed by atoms with van der Waals surface area (Å²) in [4.78, 5) is 14.5. The standard InChI is InChI=1S/C11H11N3O2S/c15-14(16)10-4-1-6-12-11(10)13-7-5-9-3-2-8-17-9/h1-4,6,8H,5,7H2,(H,12,13)/p+1. The Morgan fingerprint density at radius 3 is 3.00 bits per heavy atom. The van der Waals surface area contributed by atoms with Crippen LogP contribution >= 0.6 is 11.3 Å². The largest absolute Gasteiger partial charge is 0.357 e. The average Bonchev–Trinajstić information content (AvgIpc) is 2.82. The molecule has 0 aromatic carbocycles. The maximum absolute atomic E-state index is 10.8. The molecule has 2 heterocycles. The molecule has 0 aliphatic heterocycles. The molecular formula is C11H12N3O2S+. The Hall–Kier alpha value is -1.95. The van der Waals surface area contributed by atoms with E-state index in [0.29, 0.717) is 12.4 Å². The van der Waals surface area contributed by atoms with Gasteiger partial charge in [0.05, 0.1) is 17.7 Å². The van der Waals surface area contributed by atoms with E-state index >= 15 is 0 Å². The van der Waals surface area contributed by atoms with Gasteiger partial charge in [0.1, 0.15) is 0 Å². The summed E-state index contributed by atoms with van der Waals surface area (Å²) < 4.78 is 0. The van der Waals surface area contributed by atoms with E-state index in [-0.39, 0.29) is 5.69 Å². The first-order chi connectivity index (χ1) is 8.27. The van der Waals surface area contributed by atoms with Crippen molar-refractivity contribution in [1.29, 1.82) is 0 Å². The third-order valence-electron chi connectivity index (χ3n) is 2.28. The van der Waals surface area contributed by atoms with E-state index < -0.39 is 4.92 Å². The first kappa shape index (κ1) is 11.5. The number of thiophene rings is 1. The Bertz CT molecular complexity index is 499. The van der Waals surface area contributed by atoms with Crippen molar-refractivity contribution in [2.45, 2.75) is 6.42 Å². The van der Waals surface area contributed by atoms with Gasteiger partial charge in [0.2, 0.25) is 0 Å². The van der Waals surface area contributed by atoms with Crippen molar-refractivity contribution >= 4 is 22.8 Å². The Morgan fingerprint density at radius 1 is 1.41 bits per heavy atom. The molecule has 0 saturated carbocycles. The number of nitrogens with zero attached hydrogens (tertiary/aromatic N) is 1. The molecule has 0 unspecified atom stereocenters. The lowest BCUT2D eigenvalue weighted by atomic mass is 10.3. The number of pyridine rings is 1. The fourth-order valence-corrected chi connectivity index (χ4v) is 2.20. The monoisotopic (exact) mass is 250 g/mol. The molecule has 0 fully saturated rings. The van der Waals surface area contributed by atoms with Crippen LogP contribution < -0.4 is 10.3 Å². The summed E-state index contributed by atoms with van der Waals surface area (Å²) in [6, 6.07) is 7.14. The second kappa shape index (κ2) is 5.40. The third-order valence-corrected chi connectivity index (χ3v) is 3.22. The number of hydrogen-bond donors (Lipinski definition) is 1. The summed E-state index contributed by atoms with van der Waals surface area (Å²) in [5, 5.41) is 15.8. The van der Waals surface area contributed by atoms with Gasteiger partial charge in [-0.05, 0) is 17.5 Å². The SMILES string of the molecule is O=[N+]([O-])c1ccc[nH+]c1NCCc1cccs1. The Kier molecular flexibility index (Phi) is 3.66. The first-order valence-electron chi connectivity index (χ1n) is 5.19. The Balaban J connectivity index is 1.97. The first-order valence-corrected chi connectivity index (χ1v) is 6.06. The van der Waals surface area contributed by atoms with Crippen LogP contribution in [0.2, 0.25) is 0 Å². The van der Waals surface area contributed by atoms with Crippen molar-refractivity contribution in [3.05, 3.63) is 50.8 Å². The highest BCUT2D eigenvalue weighted by atomic mass is 32.1. The van der Waals surface area contributed by atoms with Crippen molar-refractivity contribution in [2.75, 3.05) is 11.9 Å². The Morgan fingerprint density at radius 2 is 2.29 bits per heavy atom. The van der Waals surface area contributed by atoms with Crippen molar-refractivity contribution in [2.24, 2.45) is 0 Å². The maximum atomic E-state index is 10.8. The fraction of sp³-hybridized carbons (Fsp3) is 0.182. The predicted molar refractivity (Wildman–Crippen MR) is 66.2 cm³/mol. The summed E-state index contributed by atoms with van der Waals surface area (Å²) >= 11 is 1.68. The lowest BCUT2D eigenvalue weighted by molar-refractivity contribution is -0.409. The van der Waals surface area contributed by atoms with Gasteiger partial charge in [-0.2, -0.15) is 0 Å². The number of aromatic nitrogens is 1. The molecular weight excluding hydrogens is 238 g/mol. The molecule has 0 radical (unpaired) electrons. The number of rotatable bonds is 5. The molecule has 0 aliphatic rings. The van der Waals surface area contributed by atoms with Gasteiger partial charge in [-0.3, -0.25) is 15.4 Å². The molecule has 0 amide bonds. The van der Waals surface area contributed by atoms with E-state index in [0.717, 1.165) is 6.42 Å². The molecule has 0 saturated heterocycles. The second-order valence-electron chi connectivity index (χ2n) is 3.44. The van der Waals surface area contributed by atoms with Crippen LogP contribution in [0, 0.1) is 10.1 Å². The highest BCUT2D eigenvalue weighted by Crippen LogP contribution is 2.17. The molecule has 17 heavy (non-hydrogen) atoms. The number of aromatic amines is 1. The molecule has 0 aliphatic carbocycles. The van der Waals surface area contributed by atoms with E-state index in [1.165, 1.54) is 10.9 Å². The lowest BCUT2D eigenvalue weighted by Gasteiger charge is -1.98. The molecule has 5 nitrogen and oxygen atoms in total. The number of nitrogens with one attached hydrogen (secondary N) is 2. The Labute approximate surface area is 102 Å². The van der Waals surface area contributed by atoms with Crippen LogP contribution in [0.5, 0.6) is 0 Å². The molecule has 2 rings (SSSR count). The smallest absolute Gasteiger partial charge is 0.268 e.